The molecule has 0 aliphatic heterocycles. The Kier molecular flexibility index (Phi) is 5.53. The number of para-hydroxylation sites is 1. The Morgan fingerprint density at radius 1 is 1.08 bits per heavy atom. The van der Waals surface area contributed by atoms with Crippen LogP contribution in [0.2, 0.25) is 0 Å². The van der Waals surface area contributed by atoms with Gasteiger partial charge < -0.3 is 15.2 Å². The number of nitrogen functional groups attached to an aromatic ring is 1. The van der Waals surface area contributed by atoms with Gasteiger partial charge in [-0.2, -0.15) is 0 Å². The topological polar surface area (TPSA) is 74.4 Å². The summed E-state index contributed by atoms with van der Waals surface area (Å²) >= 11 is 3.33. The number of benzene rings is 2. The first kappa shape index (κ1) is 17.9. The van der Waals surface area contributed by atoms with Crippen LogP contribution in [0.25, 0.3) is 0 Å². The minimum absolute atomic E-state index is 0.124. The lowest BCUT2D eigenvalue weighted by Gasteiger charge is -2.16. The molecule has 5 nitrogen and oxygen atoms in total. The number of rotatable bonds is 5. The van der Waals surface area contributed by atoms with Gasteiger partial charge in [-0.1, -0.05) is 48.5 Å². The molecule has 26 heavy (non-hydrogen) atoms. The number of hydrogen-bond acceptors (Lipinski definition) is 5. The first-order valence-corrected chi connectivity index (χ1v) is 8.75. The maximum absolute atomic E-state index is 12.8. The molecule has 0 aliphatic carbocycles. The third-order valence-electron chi connectivity index (χ3n) is 3.75. The third-order valence-corrected chi connectivity index (χ3v) is 4.52. The third kappa shape index (κ3) is 4.03. The molecule has 3 aromatic rings. The fourth-order valence-corrected chi connectivity index (χ4v) is 2.80. The minimum atomic E-state index is -0.549. The van der Waals surface area contributed by atoms with E-state index in [9.17, 15) is 4.79 Å². The predicted octanol–water partition coefficient (Wildman–Crippen LogP) is 4.53. The highest BCUT2D eigenvalue weighted by Gasteiger charge is 2.24. The van der Waals surface area contributed by atoms with Crippen molar-refractivity contribution < 1.29 is 14.3 Å². The van der Waals surface area contributed by atoms with Gasteiger partial charge in [-0.15, -0.1) is 0 Å². The van der Waals surface area contributed by atoms with E-state index in [4.69, 9.17) is 15.2 Å². The van der Waals surface area contributed by atoms with E-state index in [0.717, 1.165) is 5.56 Å². The fraction of sp³-hybridized carbons (Fsp3) is 0.100. The summed E-state index contributed by atoms with van der Waals surface area (Å²) in [6.07, 6.45) is 0. The molecule has 0 radical (unpaired) electrons. The quantitative estimate of drug-likeness (QED) is 0.378. The van der Waals surface area contributed by atoms with E-state index in [2.05, 4.69) is 20.9 Å². The van der Waals surface area contributed by atoms with E-state index >= 15 is 0 Å². The molecule has 0 atom stereocenters. The van der Waals surface area contributed by atoms with Gasteiger partial charge in [0.2, 0.25) is 0 Å². The molecular weight excluding hydrogens is 396 g/mol. The molecule has 1 aromatic heterocycles. The first-order chi connectivity index (χ1) is 12.6. The van der Waals surface area contributed by atoms with Gasteiger partial charge in [-0.3, -0.25) is 0 Å². The summed E-state index contributed by atoms with van der Waals surface area (Å²) in [6.45, 7) is 2.02. The zero-order chi connectivity index (χ0) is 18.5. The van der Waals surface area contributed by atoms with Gasteiger partial charge in [0.25, 0.3) is 0 Å². The molecular formula is C20H17BrN2O3. The molecule has 0 unspecified atom stereocenters. The monoisotopic (exact) mass is 412 g/mol. The molecule has 6 heteroatoms. The molecule has 132 valence electrons. The maximum Gasteiger partial charge on any atom is 0.347 e. The van der Waals surface area contributed by atoms with E-state index < -0.39 is 5.97 Å². The van der Waals surface area contributed by atoms with Crippen molar-refractivity contribution in [3.05, 3.63) is 82.0 Å². The lowest BCUT2D eigenvalue weighted by atomic mass is 10.1. The molecule has 0 bridgehead atoms. The summed E-state index contributed by atoms with van der Waals surface area (Å²) in [7, 11) is 0. The van der Waals surface area contributed by atoms with E-state index in [1.165, 1.54) is 0 Å². The van der Waals surface area contributed by atoms with Crippen LogP contribution < -0.4 is 15.2 Å². The van der Waals surface area contributed by atoms with Gasteiger partial charge in [-0.05, 0) is 40.5 Å². The lowest BCUT2D eigenvalue weighted by molar-refractivity contribution is 0.0728. The average molecular weight is 413 g/mol. The summed E-state index contributed by atoms with van der Waals surface area (Å²) in [5, 5.41) is 0. The number of hydrogen-bond donors (Lipinski definition) is 1. The molecule has 0 aliphatic rings. The van der Waals surface area contributed by atoms with E-state index in [0.29, 0.717) is 15.9 Å². The Bertz CT molecular complexity index is 915. The van der Waals surface area contributed by atoms with Gasteiger partial charge >= 0.3 is 5.97 Å². The second kappa shape index (κ2) is 8.01. The van der Waals surface area contributed by atoms with Crippen LogP contribution in [-0.2, 0) is 6.61 Å². The average Bonchev–Trinajstić information content (AvgIpc) is 2.65. The SMILES string of the molecule is Cc1c(Br)nc(N)c(OCc2ccccc2)c1C(=O)Oc1ccccc1. The Morgan fingerprint density at radius 2 is 1.69 bits per heavy atom. The van der Waals surface area contributed by atoms with Gasteiger partial charge in [-0.25, -0.2) is 9.78 Å². The second-order valence-corrected chi connectivity index (χ2v) is 6.34. The number of pyridine rings is 1. The van der Waals surface area contributed by atoms with Gasteiger partial charge in [0.15, 0.2) is 11.6 Å². The fourth-order valence-electron chi connectivity index (χ4n) is 2.41. The number of esters is 1. The second-order valence-electron chi connectivity index (χ2n) is 5.59. The Labute approximate surface area is 159 Å². The summed E-state index contributed by atoms with van der Waals surface area (Å²) in [4.78, 5) is 17.0. The van der Waals surface area contributed by atoms with Crippen LogP contribution >= 0.6 is 15.9 Å². The standard InChI is InChI=1S/C20H17BrN2O3/c1-13-16(20(24)26-15-10-6-3-7-11-15)17(19(22)23-18(13)21)25-12-14-8-4-2-5-9-14/h2-11H,12H2,1H3,(H2,22,23). The van der Waals surface area contributed by atoms with Crippen LogP contribution in [0.5, 0.6) is 11.5 Å². The van der Waals surface area contributed by atoms with Crippen LogP contribution in [0, 0.1) is 6.92 Å². The van der Waals surface area contributed by atoms with Crippen LogP contribution in [0.3, 0.4) is 0 Å². The highest BCUT2D eigenvalue weighted by atomic mass is 79.9. The van der Waals surface area contributed by atoms with E-state index in [-0.39, 0.29) is 23.7 Å². The van der Waals surface area contributed by atoms with E-state index in [1.54, 1.807) is 31.2 Å². The number of anilines is 1. The normalized spacial score (nSPS) is 10.4. The van der Waals surface area contributed by atoms with Crippen molar-refractivity contribution in [3.63, 3.8) is 0 Å². The van der Waals surface area contributed by atoms with Crippen LogP contribution in [0.15, 0.2) is 65.3 Å². The molecule has 0 spiro atoms. The van der Waals surface area contributed by atoms with Crippen molar-refractivity contribution in [2.45, 2.75) is 13.5 Å². The van der Waals surface area contributed by atoms with Crippen LogP contribution in [-0.4, -0.2) is 11.0 Å². The van der Waals surface area contributed by atoms with Crippen molar-refractivity contribution in [3.8, 4) is 11.5 Å². The number of carbonyl (C=O) groups is 1. The number of halogens is 1. The number of nitrogens with zero attached hydrogens (tertiary/aromatic N) is 1. The van der Waals surface area contributed by atoms with Gasteiger partial charge in [0.05, 0.1) is 0 Å². The van der Waals surface area contributed by atoms with Crippen molar-refractivity contribution in [2.75, 3.05) is 5.73 Å². The molecule has 1 heterocycles. The largest absolute Gasteiger partial charge is 0.484 e. The smallest absolute Gasteiger partial charge is 0.347 e. The number of nitrogens with two attached hydrogens (primary N) is 1. The number of carbonyl (C=O) groups excluding carboxylic acids is 1. The molecule has 2 N–H and O–H groups in total. The molecule has 0 fully saturated rings. The Morgan fingerprint density at radius 3 is 2.35 bits per heavy atom. The number of aromatic nitrogens is 1. The Balaban J connectivity index is 1.93. The minimum Gasteiger partial charge on any atom is -0.484 e. The number of ether oxygens (including phenoxy) is 2. The van der Waals surface area contributed by atoms with Crippen molar-refractivity contribution in [1.82, 2.24) is 4.98 Å². The lowest BCUT2D eigenvalue weighted by Crippen LogP contribution is -2.15. The molecule has 0 saturated carbocycles. The molecule has 2 aromatic carbocycles. The van der Waals surface area contributed by atoms with Crippen LogP contribution in [0.4, 0.5) is 5.82 Å². The van der Waals surface area contributed by atoms with Crippen molar-refractivity contribution >= 4 is 27.7 Å². The summed E-state index contributed by atoms with van der Waals surface area (Å²) in [5.74, 6) is 0.234. The zero-order valence-corrected chi connectivity index (χ0v) is 15.7. The summed E-state index contributed by atoms with van der Waals surface area (Å²) in [5.41, 5.74) is 7.82. The van der Waals surface area contributed by atoms with Crippen molar-refractivity contribution in [2.24, 2.45) is 0 Å². The highest BCUT2D eigenvalue weighted by molar-refractivity contribution is 9.10. The predicted molar refractivity (Wildman–Crippen MR) is 103 cm³/mol. The molecule has 3 rings (SSSR count). The highest BCUT2D eigenvalue weighted by Crippen LogP contribution is 2.33. The van der Waals surface area contributed by atoms with Crippen molar-refractivity contribution in [1.29, 1.82) is 0 Å². The summed E-state index contributed by atoms with van der Waals surface area (Å²) in [6, 6.07) is 18.4. The van der Waals surface area contributed by atoms with Gasteiger partial charge in [0.1, 0.15) is 22.5 Å². The van der Waals surface area contributed by atoms with Gasteiger partial charge in [0, 0.05) is 5.56 Å². The van der Waals surface area contributed by atoms with E-state index in [1.807, 2.05) is 36.4 Å². The van der Waals surface area contributed by atoms with Crippen LogP contribution in [0.1, 0.15) is 21.5 Å². The Hall–Kier alpha value is -2.86. The summed E-state index contributed by atoms with van der Waals surface area (Å²) < 4.78 is 11.8. The zero-order valence-electron chi connectivity index (χ0n) is 14.1. The molecule has 0 amide bonds. The maximum atomic E-state index is 12.8. The molecule has 0 saturated heterocycles. The first-order valence-electron chi connectivity index (χ1n) is 7.95.